The van der Waals surface area contributed by atoms with Gasteiger partial charge in [0.15, 0.2) is 0 Å². The predicted octanol–water partition coefficient (Wildman–Crippen LogP) is 2.67. The predicted molar refractivity (Wildman–Crippen MR) is 76.1 cm³/mol. The molecule has 1 aromatic rings. The highest BCUT2D eigenvalue weighted by Crippen LogP contribution is 2.22. The van der Waals surface area contributed by atoms with E-state index in [1.807, 2.05) is 36.4 Å². The minimum atomic E-state index is -0.914. The molecule has 2 rings (SSSR count). The van der Waals surface area contributed by atoms with Gasteiger partial charge in [-0.1, -0.05) is 42.5 Å². The van der Waals surface area contributed by atoms with Crippen LogP contribution in [0.3, 0.4) is 0 Å². The van der Waals surface area contributed by atoms with Crippen LogP contribution in [0.25, 0.3) is 0 Å². The van der Waals surface area contributed by atoms with Crippen molar-refractivity contribution in [3.63, 3.8) is 0 Å². The molecule has 0 spiro atoms. The van der Waals surface area contributed by atoms with E-state index >= 15 is 0 Å². The number of amides is 1. The zero-order valence-electron chi connectivity index (χ0n) is 11.3. The molecule has 4 nitrogen and oxygen atoms in total. The maximum Gasteiger partial charge on any atom is 0.305 e. The first-order valence-corrected chi connectivity index (χ1v) is 6.89. The van der Waals surface area contributed by atoms with Crippen molar-refractivity contribution in [2.45, 2.75) is 31.7 Å². The van der Waals surface area contributed by atoms with Crippen LogP contribution in [-0.2, 0) is 9.59 Å². The van der Waals surface area contributed by atoms with Crippen molar-refractivity contribution in [1.82, 2.24) is 5.32 Å². The van der Waals surface area contributed by atoms with Crippen LogP contribution in [0.1, 0.15) is 37.3 Å². The van der Waals surface area contributed by atoms with E-state index < -0.39 is 12.0 Å². The number of carbonyl (C=O) groups is 2. The van der Waals surface area contributed by atoms with Gasteiger partial charge >= 0.3 is 5.97 Å². The van der Waals surface area contributed by atoms with E-state index in [0.29, 0.717) is 0 Å². The summed E-state index contributed by atoms with van der Waals surface area (Å²) in [4.78, 5) is 23.2. The Morgan fingerprint density at radius 2 is 2.00 bits per heavy atom. The van der Waals surface area contributed by atoms with Crippen LogP contribution >= 0.6 is 0 Å². The lowest BCUT2D eigenvalue weighted by Crippen LogP contribution is -2.35. The van der Waals surface area contributed by atoms with E-state index in [1.165, 1.54) is 0 Å². The summed E-state index contributed by atoms with van der Waals surface area (Å²) in [5.74, 6) is -1.01. The first-order chi connectivity index (χ1) is 9.66. The van der Waals surface area contributed by atoms with Gasteiger partial charge in [-0.25, -0.2) is 0 Å². The zero-order valence-corrected chi connectivity index (χ0v) is 11.3. The quantitative estimate of drug-likeness (QED) is 0.810. The van der Waals surface area contributed by atoms with Crippen LogP contribution in [0.15, 0.2) is 42.5 Å². The number of rotatable bonds is 5. The average molecular weight is 273 g/mol. The van der Waals surface area contributed by atoms with Gasteiger partial charge in [-0.15, -0.1) is 0 Å². The molecule has 0 radical (unpaired) electrons. The van der Waals surface area contributed by atoms with Gasteiger partial charge in [0.25, 0.3) is 0 Å². The van der Waals surface area contributed by atoms with Crippen LogP contribution < -0.4 is 5.32 Å². The first kappa shape index (κ1) is 14.3. The van der Waals surface area contributed by atoms with E-state index in [4.69, 9.17) is 5.11 Å². The topological polar surface area (TPSA) is 66.4 Å². The highest BCUT2D eigenvalue weighted by atomic mass is 16.4. The molecule has 1 aromatic carbocycles. The summed E-state index contributed by atoms with van der Waals surface area (Å²) in [6.45, 7) is 0. The van der Waals surface area contributed by atoms with Gasteiger partial charge in [0.1, 0.15) is 0 Å². The van der Waals surface area contributed by atoms with E-state index in [2.05, 4.69) is 11.4 Å². The second kappa shape index (κ2) is 6.89. The number of allylic oxidation sites excluding steroid dienone is 2. The normalized spacial score (nSPS) is 19.3. The fourth-order valence-corrected chi connectivity index (χ4v) is 2.43. The lowest BCUT2D eigenvalue weighted by Gasteiger charge is -2.22. The largest absolute Gasteiger partial charge is 0.481 e. The van der Waals surface area contributed by atoms with E-state index in [-0.39, 0.29) is 18.2 Å². The molecule has 0 fully saturated rings. The molecule has 1 amide bonds. The molecule has 0 saturated carbocycles. The van der Waals surface area contributed by atoms with Crippen LogP contribution in [0.4, 0.5) is 0 Å². The number of hydrogen-bond acceptors (Lipinski definition) is 2. The molecular formula is C16H19NO3. The average Bonchev–Trinajstić information content (AvgIpc) is 2.48. The van der Waals surface area contributed by atoms with Crippen molar-refractivity contribution < 1.29 is 14.7 Å². The highest BCUT2D eigenvalue weighted by Gasteiger charge is 2.23. The Morgan fingerprint density at radius 1 is 1.25 bits per heavy atom. The lowest BCUT2D eigenvalue weighted by atomic mass is 9.92. The molecular weight excluding hydrogens is 254 g/mol. The molecule has 2 atom stereocenters. The van der Waals surface area contributed by atoms with Gasteiger partial charge in [0, 0.05) is 5.92 Å². The van der Waals surface area contributed by atoms with Gasteiger partial charge in [0.2, 0.25) is 5.91 Å². The van der Waals surface area contributed by atoms with Crippen LogP contribution in [-0.4, -0.2) is 17.0 Å². The number of hydrogen-bond donors (Lipinski definition) is 2. The Hall–Kier alpha value is -2.10. The summed E-state index contributed by atoms with van der Waals surface area (Å²) in [6, 6.07) is 8.78. The minimum Gasteiger partial charge on any atom is -0.481 e. The number of carboxylic acids is 1. The first-order valence-electron chi connectivity index (χ1n) is 6.89. The third kappa shape index (κ3) is 3.95. The molecule has 0 bridgehead atoms. The smallest absolute Gasteiger partial charge is 0.305 e. The van der Waals surface area contributed by atoms with E-state index in [1.54, 1.807) is 0 Å². The maximum absolute atomic E-state index is 12.2. The van der Waals surface area contributed by atoms with Crippen molar-refractivity contribution in [1.29, 1.82) is 0 Å². The Labute approximate surface area is 118 Å². The van der Waals surface area contributed by atoms with Crippen molar-refractivity contribution in [2.24, 2.45) is 5.92 Å². The molecule has 0 saturated heterocycles. The van der Waals surface area contributed by atoms with Crippen molar-refractivity contribution >= 4 is 11.9 Å². The molecule has 0 aliphatic heterocycles. The highest BCUT2D eigenvalue weighted by molar-refractivity contribution is 5.80. The molecule has 0 aromatic heterocycles. The second-order valence-corrected chi connectivity index (χ2v) is 5.05. The summed E-state index contributed by atoms with van der Waals surface area (Å²) in [5.41, 5.74) is 0.828. The Balaban J connectivity index is 2.05. The number of nitrogens with one attached hydrogen (secondary N) is 1. The lowest BCUT2D eigenvalue weighted by molar-refractivity contribution is -0.138. The van der Waals surface area contributed by atoms with Crippen LogP contribution in [0, 0.1) is 5.92 Å². The summed E-state index contributed by atoms with van der Waals surface area (Å²) < 4.78 is 0. The Bertz CT molecular complexity index is 496. The summed E-state index contributed by atoms with van der Waals surface area (Å²) in [6.07, 6.45) is 6.47. The van der Waals surface area contributed by atoms with E-state index in [0.717, 1.165) is 24.8 Å². The standard InChI is InChI=1S/C16H19NO3/c18-15(19)11-14(12-7-3-1-4-8-12)17-16(20)13-9-5-2-6-10-13/h1-5,7-8,13-14H,6,9-11H2,(H,17,20)(H,18,19)/t13-,14-/m0/s1. The number of benzene rings is 1. The number of carbonyl (C=O) groups excluding carboxylic acids is 1. The molecule has 0 heterocycles. The number of aliphatic carboxylic acids is 1. The summed E-state index contributed by atoms with van der Waals surface area (Å²) in [5, 5.41) is 11.9. The van der Waals surface area contributed by atoms with Gasteiger partial charge in [-0.05, 0) is 24.8 Å². The molecule has 2 N–H and O–H groups in total. The third-order valence-corrected chi connectivity index (χ3v) is 3.54. The summed E-state index contributed by atoms with van der Waals surface area (Å²) in [7, 11) is 0. The second-order valence-electron chi connectivity index (χ2n) is 5.05. The molecule has 1 aliphatic carbocycles. The molecule has 106 valence electrons. The van der Waals surface area contributed by atoms with Gasteiger partial charge in [-0.3, -0.25) is 9.59 Å². The molecule has 4 heteroatoms. The molecule has 1 aliphatic rings. The Morgan fingerprint density at radius 3 is 2.60 bits per heavy atom. The van der Waals surface area contributed by atoms with Crippen molar-refractivity contribution in [3.05, 3.63) is 48.0 Å². The SMILES string of the molecule is O=C(O)C[C@H](NC(=O)[C@H]1CC=CCC1)c1ccccc1. The molecule has 20 heavy (non-hydrogen) atoms. The zero-order chi connectivity index (χ0) is 14.4. The van der Waals surface area contributed by atoms with Gasteiger partial charge < -0.3 is 10.4 Å². The minimum absolute atomic E-state index is 0.0417. The van der Waals surface area contributed by atoms with Crippen molar-refractivity contribution in [3.8, 4) is 0 Å². The summed E-state index contributed by atoms with van der Waals surface area (Å²) >= 11 is 0. The van der Waals surface area contributed by atoms with Crippen LogP contribution in [0.2, 0.25) is 0 Å². The fraction of sp³-hybridized carbons (Fsp3) is 0.375. The third-order valence-electron chi connectivity index (χ3n) is 3.54. The van der Waals surface area contributed by atoms with Gasteiger partial charge in [0.05, 0.1) is 12.5 Å². The Kier molecular flexibility index (Phi) is 4.93. The van der Waals surface area contributed by atoms with E-state index in [9.17, 15) is 9.59 Å². The van der Waals surface area contributed by atoms with Crippen molar-refractivity contribution in [2.75, 3.05) is 0 Å². The maximum atomic E-state index is 12.2. The number of carboxylic acid groups (broad SMARTS) is 1. The monoisotopic (exact) mass is 273 g/mol. The van der Waals surface area contributed by atoms with Gasteiger partial charge in [-0.2, -0.15) is 0 Å². The fourth-order valence-electron chi connectivity index (χ4n) is 2.43. The van der Waals surface area contributed by atoms with Crippen LogP contribution in [0.5, 0.6) is 0 Å². The molecule has 0 unspecified atom stereocenters.